The Balaban J connectivity index is 2.00. The molecule has 0 fully saturated rings. The number of hydrogen-bond donors (Lipinski definition) is 1. The quantitative estimate of drug-likeness (QED) is 0.838. The van der Waals surface area contributed by atoms with E-state index in [1.807, 2.05) is 24.3 Å². The fourth-order valence-corrected chi connectivity index (χ4v) is 2.83. The third-order valence-corrected chi connectivity index (χ3v) is 4.14. The maximum absolute atomic E-state index is 12.2. The maximum atomic E-state index is 12.2. The Labute approximate surface area is 136 Å². The first-order valence-electron chi connectivity index (χ1n) is 6.62. The lowest BCUT2D eigenvalue weighted by Gasteiger charge is -2.16. The zero-order chi connectivity index (χ0) is 15.7. The van der Waals surface area contributed by atoms with Crippen molar-refractivity contribution in [3.63, 3.8) is 0 Å². The van der Waals surface area contributed by atoms with Crippen molar-refractivity contribution in [2.75, 3.05) is 19.5 Å². The molecule has 0 amide bonds. The Morgan fingerprint density at radius 3 is 2.59 bits per heavy atom. The lowest BCUT2D eigenvalue weighted by molar-refractivity contribution is 0.0435. The van der Waals surface area contributed by atoms with E-state index in [1.54, 1.807) is 12.1 Å². The van der Waals surface area contributed by atoms with Crippen molar-refractivity contribution in [2.24, 2.45) is 0 Å². The lowest BCUT2D eigenvalue weighted by Crippen LogP contribution is -2.10. The Hall–Kier alpha value is -2.21. The van der Waals surface area contributed by atoms with Crippen LogP contribution >= 0.6 is 15.9 Å². The molecule has 0 aliphatic carbocycles. The van der Waals surface area contributed by atoms with Crippen LogP contribution < -0.4 is 14.8 Å². The van der Waals surface area contributed by atoms with Crippen molar-refractivity contribution < 1.29 is 19.0 Å². The summed E-state index contributed by atoms with van der Waals surface area (Å²) in [6.45, 7) is 0. The number of para-hydroxylation sites is 1. The van der Waals surface area contributed by atoms with Crippen molar-refractivity contribution in [1.29, 1.82) is 0 Å². The van der Waals surface area contributed by atoms with Gasteiger partial charge in [0, 0.05) is 10.0 Å². The van der Waals surface area contributed by atoms with E-state index in [0.29, 0.717) is 17.1 Å². The third kappa shape index (κ3) is 2.39. The molecule has 1 unspecified atom stereocenters. The molecule has 1 aliphatic rings. The number of cyclic esters (lactones) is 1. The van der Waals surface area contributed by atoms with Crippen LogP contribution in [0.3, 0.4) is 0 Å². The molecule has 0 saturated carbocycles. The summed E-state index contributed by atoms with van der Waals surface area (Å²) in [7, 11) is 3.03. The zero-order valence-corrected chi connectivity index (χ0v) is 13.6. The van der Waals surface area contributed by atoms with Gasteiger partial charge in [-0.1, -0.05) is 12.1 Å². The number of carbonyl (C=O) groups excluding carboxylic acids is 1. The molecule has 1 N–H and O–H groups in total. The number of benzene rings is 2. The second-order valence-corrected chi connectivity index (χ2v) is 5.53. The molecule has 0 radical (unpaired) electrons. The van der Waals surface area contributed by atoms with E-state index in [0.717, 1.165) is 15.7 Å². The highest BCUT2D eigenvalue weighted by Gasteiger charge is 2.36. The first-order valence-corrected chi connectivity index (χ1v) is 7.42. The van der Waals surface area contributed by atoms with E-state index < -0.39 is 12.2 Å². The molecule has 3 rings (SSSR count). The molecule has 1 heterocycles. The highest BCUT2D eigenvalue weighted by molar-refractivity contribution is 9.10. The molecule has 6 heteroatoms. The molecule has 1 atom stereocenters. The second-order valence-electron chi connectivity index (χ2n) is 4.67. The summed E-state index contributed by atoms with van der Waals surface area (Å²) >= 11 is 3.46. The molecule has 2 aromatic carbocycles. The molecule has 0 saturated heterocycles. The van der Waals surface area contributed by atoms with Crippen LogP contribution in [0.15, 0.2) is 40.9 Å². The SMILES string of the molecule is COc1ccc2c(c1OC)C(=O)OC2Nc1ccccc1Br. The molecule has 0 aromatic heterocycles. The predicted octanol–water partition coefficient (Wildman–Crippen LogP) is 3.75. The van der Waals surface area contributed by atoms with Gasteiger partial charge in [-0.15, -0.1) is 0 Å². The Bertz CT molecular complexity index is 732. The van der Waals surface area contributed by atoms with Gasteiger partial charge in [0.15, 0.2) is 11.5 Å². The smallest absolute Gasteiger partial charge is 0.344 e. The number of nitrogens with one attached hydrogen (secondary N) is 1. The van der Waals surface area contributed by atoms with Gasteiger partial charge in [0.05, 0.1) is 19.9 Å². The summed E-state index contributed by atoms with van der Waals surface area (Å²) in [4.78, 5) is 12.2. The molecule has 114 valence electrons. The van der Waals surface area contributed by atoms with E-state index in [4.69, 9.17) is 14.2 Å². The van der Waals surface area contributed by atoms with Crippen LogP contribution in [0.1, 0.15) is 22.1 Å². The third-order valence-electron chi connectivity index (χ3n) is 3.45. The van der Waals surface area contributed by atoms with Gasteiger partial charge < -0.3 is 19.5 Å². The largest absolute Gasteiger partial charge is 0.493 e. The summed E-state index contributed by atoms with van der Waals surface area (Å²) < 4.78 is 16.8. The number of halogens is 1. The Morgan fingerprint density at radius 1 is 1.14 bits per heavy atom. The average Bonchev–Trinajstić information content (AvgIpc) is 2.85. The first-order chi connectivity index (χ1) is 10.7. The van der Waals surface area contributed by atoms with Crippen molar-refractivity contribution in [3.05, 3.63) is 52.0 Å². The first kappa shape index (κ1) is 14.7. The molecule has 2 aromatic rings. The van der Waals surface area contributed by atoms with Crippen molar-refractivity contribution in [1.82, 2.24) is 0 Å². The molecule has 1 aliphatic heterocycles. The number of methoxy groups -OCH3 is 2. The molecule has 5 nitrogen and oxygen atoms in total. The van der Waals surface area contributed by atoms with Crippen molar-refractivity contribution in [2.45, 2.75) is 6.23 Å². The van der Waals surface area contributed by atoms with E-state index in [2.05, 4.69) is 21.2 Å². The number of anilines is 1. The average molecular weight is 364 g/mol. The summed E-state index contributed by atoms with van der Waals surface area (Å²) in [5, 5.41) is 3.20. The summed E-state index contributed by atoms with van der Waals surface area (Å²) in [6, 6.07) is 11.2. The van der Waals surface area contributed by atoms with Crippen molar-refractivity contribution in [3.8, 4) is 11.5 Å². The van der Waals surface area contributed by atoms with E-state index in [9.17, 15) is 4.79 Å². The molecular formula is C16H14BrNO4. The van der Waals surface area contributed by atoms with Gasteiger partial charge in [-0.05, 0) is 40.2 Å². The van der Waals surface area contributed by atoms with Crippen LogP contribution in [-0.2, 0) is 4.74 Å². The summed E-state index contributed by atoms with van der Waals surface area (Å²) in [5.74, 6) is 0.455. The summed E-state index contributed by atoms with van der Waals surface area (Å²) in [5.41, 5.74) is 1.95. The van der Waals surface area contributed by atoms with E-state index in [-0.39, 0.29) is 0 Å². The maximum Gasteiger partial charge on any atom is 0.344 e. The van der Waals surface area contributed by atoms with Gasteiger partial charge in [-0.25, -0.2) is 4.79 Å². The Kier molecular flexibility index (Phi) is 3.94. The van der Waals surface area contributed by atoms with Crippen LogP contribution in [-0.4, -0.2) is 20.2 Å². The van der Waals surface area contributed by atoms with Gasteiger partial charge in [0.25, 0.3) is 0 Å². The fourth-order valence-electron chi connectivity index (χ4n) is 2.43. The van der Waals surface area contributed by atoms with Crippen LogP contribution in [0.5, 0.6) is 11.5 Å². The monoisotopic (exact) mass is 363 g/mol. The number of carbonyl (C=O) groups is 1. The number of fused-ring (bicyclic) bond motifs is 1. The Morgan fingerprint density at radius 2 is 1.91 bits per heavy atom. The van der Waals surface area contributed by atoms with Gasteiger partial charge in [0.2, 0.25) is 6.23 Å². The predicted molar refractivity (Wildman–Crippen MR) is 85.5 cm³/mol. The molecule has 0 spiro atoms. The number of esters is 1. The van der Waals surface area contributed by atoms with Gasteiger partial charge >= 0.3 is 5.97 Å². The van der Waals surface area contributed by atoms with Gasteiger partial charge in [-0.2, -0.15) is 0 Å². The summed E-state index contributed by atoms with van der Waals surface area (Å²) in [6.07, 6.45) is -0.569. The zero-order valence-electron chi connectivity index (χ0n) is 12.1. The number of ether oxygens (including phenoxy) is 3. The van der Waals surface area contributed by atoms with Crippen LogP contribution in [0.2, 0.25) is 0 Å². The highest BCUT2D eigenvalue weighted by Crippen LogP contribution is 2.42. The van der Waals surface area contributed by atoms with Crippen LogP contribution in [0.25, 0.3) is 0 Å². The normalized spacial score (nSPS) is 16.0. The van der Waals surface area contributed by atoms with E-state index in [1.165, 1.54) is 14.2 Å². The highest BCUT2D eigenvalue weighted by atomic mass is 79.9. The fraction of sp³-hybridized carbons (Fsp3) is 0.188. The molecule has 0 bridgehead atoms. The molecular weight excluding hydrogens is 350 g/mol. The molecule has 22 heavy (non-hydrogen) atoms. The lowest BCUT2D eigenvalue weighted by atomic mass is 10.1. The number of rotatable bonds is 4. The van der Waals surface area contributed by atoms with Crippen LogP contribution in [0.4, 0.5) is 5.69 Å². The van der Waals surface area contributed by atoms with Crippen molar-refractivity contribution >= 4 is 27.6 Å². The van der Waals surface area contributed by atoms with Gasteiger partial charge in [-0.3, -0.25) is 0 Å². The second kappa shape index (κ2) is 5.88. The van der Waals surface area contributed by atoms with Gasteiger partial charge in [0.1, 0.15) is 5.56 Å². The number of hydrogen-bond acceptors (Lipinski definition) is 5. The minimum Gasteiger partial charge on any atom is -0.493 e. The van der Waals surface area contributed by atoms with Crippen LogP contribution in [0, 0.1) is 0 Å². The minimum absolute atomic E-state index is 0.390. The topological polar surface area (TPSA) is 56.8 Å². The standard InChI is InChI=1S/C16H14BrNO4/c1-20-12-8-7-9-13(14(12)21-2)16(19)22-15(9)18-11-6-4-3-5-10(11)17/h3-8,15,18H,1-2H3. The van der Waals surface area contributed by atoms with E-state index >= 15 is 0 Å². The minimum atomic E-state index is -0.569.